The van der Waals surface area contributed by atoms with Crippen molar-refractivity contribution in [1.29, 1.82) is 0 Å². The highest BCUT2D eigenvalue weighted by Crippen LogP contribution is 2.32. The number of halogens is 4. The van der Waals surface area contributed by atoms with Crippen LogP contribution in [-0.4, -0.2) is 35.8 Å². The third-order valence-electron chi connectivity index (χ3n) is 3.59. The van der Waals surface area contributed by atoms with Gasteiger partial charge in [-0.2, -0.15) is 13.2 Å². The molecule has 2 rings (SSSR count). The van der Waals surface area contributed by atoms with Crippen molar-refractivity contribution < 1.29 is 22.8 Å². The van der Waals surface area contributed by atoms with E-state index in [1.54, 1.807) is 0 Å². The molecule has 1 aromatic carbocycles. The van der Waals surface area contributed by atoms with Crippen molar-refractivity contribution in [2.24, 2.45) is 0 Å². The predicted molar refractivity (Wildman–Crippen MR) is 79.2 cm³/mol. The van der Waals surface area contributed by atoms with Crippen molar-refractivity contribution >= 4 is 23.4 Å². The Morgan fingerprint density at radius 3 is 2.61 bits per heavy atom. The third kappa shape index (κ3) is 4.60. The average molecular weight is 349 g/mol. The quantitative estimate of drug-likeness (QED) is 0.892. The lowest BCUT2D eigenvalue weighted by Gasteiger charge is -2.33. The molecule has 0 bridgehead atoms. The zero-order valence-corrected chi connectivity index (χ0v) is 13.2. The number of carbonyl (C=O) groups is 2. The zero-order valence-electron chi connectivity index (χ0n) is 12.4. The van der Waals surface area contributed by atoms with Gasteiger partial charge in [-0.3, -0.25) is 9.59 Å². The summed E-state index contributed by atoms with van der Waals surface area (Å²) in [6.07, 6.45) is -3.17. The molecule has 0 saturated carbocycles. The molecular formula is C15H16ClF3N2O2. The molecule has 23 heavy (non-hydrogen) atoms. The summed E-state index contributed by atoms with van der Waals surface area (Å²) in [4.78, 5) is 25.0. The van der Waals surface area contributed by atoms with E-state index >= 15 is 0 Å². The summed E-state index contributed by atoms with van der Waals surface area (Å²) in [6, 6.07) is 2.62. The van der Waals surface area contributed by atoms with Gasteiger partial charge in [0.15, 0.2) is 0 Å². The lowest BCUT2D eigenvalue weighted by Crippen LogP contribution is -2.49. The maximum Gasteiger partial charge on any atom is 0.416 e. The summed E-state index contributed by atoms with van der Waals surface area (Å²) in [7, 11) is 0. The topological polar surface area (TPSA) is 49.4 Å². The monoisotopic (exact) mass is 348 g/mol. The molecule has 4 nitrogen and oxygen atoms in total. The molecular weight excluding hydrogens is 333 g/mol. The van der Waals surface area contributed by atoms with Gasteiger partial charge in [-0.05, 0) is 31.0 Å². The van der Waals surface area contributed by atoms with Crippen molar-refractivity contribution in [3.8, 4) is 0 Å². The van der Waals surface area contributed by atoms with Gasteiger partial charge in [-0.25, -0.2) is 0 Å². The number of likely N-dealkylation sites (tertiary alicyclic amines) is 1. The highest BCUT2D eigenvalue weighted by atomic mass is 35.5. The number of alkyl halides is 3. The molecule has 8 heteroatoms. The fourth-order valence-corrected chi connectivity index (χ4v) is 2.86. The average Bonchev–Trinajstić information content (AvgIpc) is 2.44. The number of rotatable bonds is 2. The van der Waals surface area contributed by atoms with Crippen molar-refractivity contribution in [2.75, 3.05) is 13.1 Å². The van der Waals surface area contributed by atoms with E-state index in [1.807, 2.05) is 0 Å². The Labute approximate surface area is 136 Å². The van der Waals surface area contributed by atoms with Crippen LogP contribution in [0.25, 0.3) is 0 Å². The minimum absolute atomic E-state index is 0.103. The number of amides is 2. The Morgan fingerprint density at radius 1 is 1.30 bits per heavy atom. The number of nitrogens with zero attached hydrogens (tertiary/aromatic N) is 1. The fraction of sp³-hybridized carbons (Fsp3) is 0.467. The number of hydrogen-bond acceptors (Lipinski definition) is 2. The number of hydrogen-bond donors (Lipinski definition) is 1. The van der Waals surface area contributed by atoms with Gasteiger partial charge in [-0.1, -0.05) is 11.6 Å². The number of carbonyl (C=O) groups excluding carboxylic acids is 2. The largest absolute Gasteiger partial charge is 0.416 e. The molecule has 0 aliphatic carbocycles. The molecule has 126 valence electrons. The minimum Gasteiger partial charge on any atom is -0.352 e. The number of benzene rings is 1. The lowest BCUT2D eigenvalue weighted by atomic mass is 10.0. The second-order valence-corrected chi connectivity index (χ2v) is 5.95. The molecule has 1 heterocycles. The first-order valence-electron chi connectivity index (χ1n) is 7.11. The van der Waals surface area contributed by atoms with Crippen LogP contribution in [0.4, 0.5) is 13.2 Å². The van der Waals surface area contributed by atoms with Crippen LogP contribution in [-0.2, 0) is 11.0 Å². The van der Waals surface area contributed by atoms with Crippen molar-refractivity contribution in [1.82, 2.24) is 10.2 Å². The molecule has 1 atom stereocenters. The van der Waals surface area contributed by atoms with E-state index in [4.69, 9.17) is 11.6 Å². The van der Waals surface area contributed by atoms with Crippen LogP contribution in [0.2, 0.25) is 5.02 Å². The summed E-state index contributed by atoms with van der Waals surface area (Å²) in [5, 5.41) is 2.59. The van der Waals surface area contributed by atoms with Gasteiger partial charge in [0.05, 0.1) is 5.56 Å². The fourth-order valence-electron chi connectivity index (χ4n) is 2.63. The van der Waals surface area contributed by atoms with Crippen molar-refractivity contribution in [3.63, 3.8) is 0 Å². The smallest absolute Gasteiger partial charge is 0.352 e. The molecule has 2 amide bonds. The van der Waals surface area contributed by atoms with Crippen LogP contribution in [0.1, 0.15) is 35.7 Å². The van der Waals surface area contributed by atoms with Crippen LogP contribution >= 0.6 is 11.6 Å². The van der Waals surface area contributed by atoms with Crippen LogP contribution in [0.15, 0.2) is 18.2 Å². The van der Waals surface area contributed by atoms with Crippen LogP contribution in [0, 0.1) is 0 Å². The summed E-state index contributed by atoms with van der Waals surface area (Å²) < 4.78 is 38.5. The van der Waals surface area contributed by atoms with Gasteiger partial charge >= 0.3 is 6.18 Å². The van der Waals surface area contributed by atoms with Gasteiger partial charge in [0.2, 0.25) is 5.91 Å². The van der Waals surface area contributed by atoms with Gasteiger partial charge < -0.3 is 10.2 Å². The maximum absolute atomic E-state index is 12.8. The Balaban J connectivity index is 2.19. The second-order valence-electron chi connectivity index (χ2n) is 5.52. The summed E-state index contributed by atoms with van der Waals surface area (Å²) in [5.41, 5.74) is -1.06. The molecule has 1 fully saturated rings. The molecule has 1 aliphatic heterocycles. The van der Waals surface area contributed by atoms with E-state index in [1.165, 1.54) is 17.9 Å². The van der Waals surface area contributed by atoms with Gasteiger partial charge in [-0.15, -0.1) is 0 Å². The van der Waals surface area contributed by atoms with E-state index in [0.29, 0.717) is 13.0 Å². The summed E-state index contributed by atoms with van der Waals surface area (Å²) >= 11 is 5.71. The first-order valence-corrected chi connectivity index (χ1v) is 7.49. The van der Waals surface area contributed by atoms with E-state index < -0.39 is 17.6 Å². The summed E-state index contributed by atoms with van der Waals surface area (Å²) in [5.74, 6) is -0.723. The Kier molecular flexibility index (Phi) is 5.19. The minimum atomic E-state index is -4.57. The molecule has 1 saturated heterocycles. The lowest BCUT2D eigenvalue weighted by molar-refractivity contribution is -0.137. The predicted octanol–water partition coefficient (Wildman–Crippen LogP) is 3.10. The number of nitrogens with one attached hydrogen (secondary N) is 1. The summed E-state index contributed by atoms with van der Waals surface area (Å²) in [6.45, 7) is 2.09. The highest BCUT2D eigenvalue weighted by Gasteiger charge is 2.33. The molecule has 1 aliphatic rings. The Morgan fingerprint density at radius 2 is 2.00 bits per heavy atom. The van der Waals surface area contributed by atoms with E-state index in [9.17, 15) is 22.8 Å². The Hall–Kier alpha value is -1.76. The van der Waals surface area contributed by atoms with Gasteiger partial charge in [0, 0.05) is 36.6 Å². The first-order chi connectivity index (χ1) is 10.7. The van der Waals surface area contributed by atoms with Crippen molar-refractivity contribution in [3.05, 3.63) is 34.3 Å². The van der Waals surface area contributed by atoms with E-state index in [0.717, 1.165) is 18.6 Å². The maximum atomic E-state index is 12.8. The molecule has 1 aromatic rings. The van der Waals surface area contributed by atoms with Crippen LogP contribution < -0.4 is 5.32 Å². The zero-order chi connectivity index (χ0) is 17.2. The second kappa shape index (κ2) is 6.78. The van der Waals surface area contributed by atoms with E-state index in [-0.39, 0.29) is 29.1 Å². The Bertz CT molecular complexity index is 619. The molecule has 1 N–H and O–H groups in total. The standard InChI is InChI=1S/C15H16ClF3N2O2/c1-9(22)20-13-3-2-4-21(8-13)14(23)10-5-11(15(17,18)19)7-12(16)6-10/h5-7,13H,2-4,8H2,1H3,(H,20,22)/t13-/m1/s1. The molecule has 0 spiro atoms. The normalized spacial score (nSPS) is 18.7. The first kappa shape index (κ1) is 17.6. The van der Waals surface area contributed by atoms with Gasteiger partial charge in [0.1, 0.15) is 0 Å². The number of piperidine rings is 1. The van der Waals surface area contributed by atoms with Crippen molar-refractivity contribution in [2.45, 2.75) is 32.0 Å². The molecule has 0 unspecified atom stereocenters. The SMILES string of the molecule is CC(=O)N[C@@H]1CCCN(C(=O)c2cc(Cl)cc(C(F)(F)F)c2)C1. The van der Waals surface area contributed by atoms with E-state index in [2.05, 4.69) is 5.32 Å². The van der Waals surface area contributed by atoms with Crippen LogP contribution in [0.5, 0.6) is 0 Å². The molecule has 0 radical (unpaired) electrons. The van der Waals surface area contributed by atoms with Gasteiger partial charge in [0.25, 0.3) is 5.91 Å². The third-order valence-corrected chi connectivity index (χ3v) is 3.81. The molecule has 0 aromatic heterocycles. The highest BCUT2D eigenvalue weighted by molar-refractivity contribution is 6.31. The van der Waals surface area contributed by atoms with Crippen LogP contribution in [0.3, 0.4) is 0 Å².